The van der Waals surface area contributed by atoms with Crippen LogP contribution in [0.25, 0.3) is 5.52 Å². The van der Waals surface area contributed by atoms with E-state index >= 15 is 0 Å². The maximum Gasteiger partial charge on any atom is 0.255 e. The Morgan fingerprint density at radius 2 is 2.39 bits per heavy atom. The van der Waals surface area contributed by atoms with E-state index in [4.69, 9.17) is 5.11 Å². The summed E-state index contributed by atoms with van der Waals surface area (Å²) in [7, 11) is 0. The van der Waals surface area contributed by atoms with Crippen LogP contribution in [-0.2, 0) is 0 Å². The van der Waals surface area contributed by atoms with Gasteiger partial charge in [-0.15, -0.1) is 0 Å². The fourth-order valence-electron chi connectivity index (χ4n) is 1.91. The largest absolute Gasteiger partial charge is 0.396 e. The van der Waals surface area contributed by atoms with Gasteiger partial charge in [0, 0.05) is 18.8 Å². The van der Waals surface area contributed by atoms with E-state index in [-0.39, 0.29) is 18.6 Å². The van der Waals surface area contributed by atoms with Gasteiger partial charge in [0.25, 0.3) is 5.91 Å². The monoisotopic (exact) mass is 247 g/mol. The van der Waals surface area contributed by atoms with E-state index in [1.807, 2.05) is 25.1 Å². The molecule has 1 atom stereocenters. The van der Waals surface area contributed by atoms with Crippen molar-refractivity contribution in [3.63, 3.8) is 0 Å². The molecule has 0 radical (unpaired) electrons. The number of nitrogens with one attached hydrogen (secondary N) is 1. The van der Waals surface area contributed by atoms with E-state index in [0.717, 1.165) is 11.9 Å². The van der Waals surface area contributed by atoms with Crippen molar-refractivity contribution in [1.82, 2.24) is 14.9 Å². The van der Waals surface area contributed by atoms with E-state index in [9.17, 15) is 4.79 Å². The molecule has 0 saturated heterocycles. The van der Waals surface area contributed by atoms with Gasteiger partial charge in [-0.25, -0.2) is 4.52 Å². The van der Waals surface area contributed by atoms with E-state index in [0.29, 0.717) is 12.0 Å². The number of carbonyl (C=O) groups is 1. The molecular weight excluding hydrogens is 230 g/mol. The Kier molecular flexibility index (Phi) is 3.94. The van der Waals surface area contributed by atoms with Crippen molar-refractivity contribution < 1.29 is 9.90 Å². The molecule has 2 aromatic heterocycles. The van der Waals surface area contributed by atoms with E-state index in [1.54, 1.807) is 16.9 Å². The lowest BCUT2D eigenvalue weighted by Gasteiger charge is -2.15. The van der Waals surface area contributed by atoms with Gasteiger partial charge in [-0.05, 0) is 25.0 Å². The van der Waals surface area contributed by atoms with Gasteiger partial charge in [-0.2, -0.15) is 5.10 Å². The number of carbonyl (C=O) groups excluding carboxylic acids is 1. The van der Waals surface area contributed by atoms with Crippen LogP contribution in [0.4, 0.5) is 0 Å². The zero-order chi connectivity index (χ0) is 13.0. The second kappa shape index (κ2) is 5.64. The summed E-state index contributed by atoms with van der Waals surface area (Å²) in [6.07, 6.45) is 4.74. The van der Waals surface area contributed by atoms with Crippen molar-refractivity contribution in [2.24, 2.45) is 0 Å². The summed E-state index contributed by atoms with van der Waals surface area (Å²) in [4.78, 5) is 12.1. The third-order valence-electron chi connectivity index (χ3n) is 2.98. The van der Waals surface area contributed by atoms with Crippen molar-refractivity contribution >= 4 is 11.4 Å². The van der Waals surface area contributed by atoms with Gasteiger partial charge in [0.15, 0.2) is 0 Å². The molecule has 96 valence electrons. The topological polar surface area (TPSA) is 66.6 Å². The molecule has 0 bridgehead atoms. The smallest absolute Gasteiger partial charge is 0.255 e. The number of rotatable bonds is 5. The molecule has 0 aliphatic carbocycles. The number of fused-ring (bicyclic) bond motifs is 1. The van der Waals surface area contributed by atoms with E-state index in [1.165, 1.54) is 0 Å². The quantitative estimate of drug-likeness (QED) is 0.835. The summed E-state index contributed by atoms with van der Waals surface area (Å²) in [6.45, 7) is 2.06. The molecule has 1 unspecified atom stereocenters. The Hall–Kier alpha value is -1.88. The number of aliphatic hydroxyl groups is 1. The Bertz CT molecular complexity index is 536. The molecule has 2 N–H and O–H groups in total. The average molecular weight is 247 g/mol. The maximum atomic E-state index is 12.1. The molecule has 2 heterocycles. The molecule has 0 aromatic carbocycles. The first-order chi connectivity index (χ1) is 8.76. The van der Waals surface area contributed by atoms with Gasteiger partial charge >= 0.3 is 0 Å². The molecule has 18 heavy (non-hydrogen) atoms. The number of amides is 1. The summed E-state index contributed by atoms with van der Waals surface area (Å²) in [6, 6.07) is 5.59. The molecule has 5 nitrogen and oxygen atoms in total. The minimum absolute atomic E-state index is 0.00108. The molecule has 0 aliphatic rings. The van der Waals surface area contributed by atoms with Crippen LogP contribution in [0.3, 0.4) is 0 Å². The van der Waals surface area contributed by atoms with Gasteiger partial charge in [0.1, 0.15) is 0 Å². The first-order valence-corrected chi connectivity index (χ1v) is 6.10. The Labute approximate surface area is 105 Å². The van der Waals surface area contributed by atoms with Crippen LogP contribution in [0, 0.1) is 0 Å². The molecule has 0 fully saturated rings. The summed E-state index contributed by atoms with van der Waals surface area (Å²) < 4.78 is 1.67. The highest BCUT2D eigenvalue weighted by Gasteiger charge is 2.15. The van der Waals surface area contributed by atoms with Gasteiger partial charge in [-0.1, -0.05) is 13.0 Å². The number of hydrogen-bond donors (Lipinski definition) is 2. The van der Waals surface area contributed by atoms with Crippen LogP contribution in [0.1, 0.15) is 30.1 Å². The second-order valence-corrected chi connectivity index (χ2v) is 4.18. The number of hydrogen-bond acceptors (Lipinski definition) is 3. The number of aliphatic hydroxyl groups excluding tert-OH is 1. The van der Waals surface area contributed by atoms with Crippen molar-refractivity contribution in [2.45, 2.75) is 25.8 Å². The Morgan fingerprint density at radius 3 is 3.11 bits per heavy atom. The highest BCUT2D eigenvalue weighted by atomic mass is 16.3. The lowest BCUT2D eigenvalue weighted by atomic mass is 10.1. The fourth-order valence-corrected chi connectivity index (χ4v) is 1.91. The van der Waals surface area contributed by atoms with Crippen molar-refractivity contribution in [3.8, 4) is 0 Å². The lowest BCUT2D eigenvalue weighted by molar-refractivity contribution is 0.0931. The Morgan fingerprint density at radius 1 is 1.56 bits per heavy atom. The minimum atomic E-state index is -0.142. The molecule has 0 spiro atoms. The van der Waals surface area contributed by atoms with Gasteiger partial charge in [0.2, 0.25) is 0 Å². The lowest BCUT2D eigenvalue weighted by Crippen LogP contribution is -2.34. The zero-order valence-corrected chi connectivity index (χ0v) is 10.3. The number of nitrogens with zero attached hydrogens (tertiary/aromatic N) is 2. The minimum Gasteiger partial charge on any atom is -0.396 e. The van der Waals surface area contributed by atoms with Crippen LogP contribution < -0.4 is 5.32 Å². The Balaban J connectivity index is 2.18. The summed E-state index contributed by atoms with van der Waals surface area (Å²) in [5.41, 5.74) is 1.35. The van der Waals surface area contributed by atoms with Crippen LogP contribution >= 0.6 is 0 Å². The molecule has 1 amide bonds. The van der Waals surface area contributed by atoms with Gasteiger partial charge in [0.05, 0.1) is 17.3 Å². The summed E-state index contributed by atoms with van der Waals surface area (Å²) in [5, 5.41) is 16.0. The third-order valence-corrected chi connectivity index (χ3v) is 2.98. The van der Waals surface area contributed by atoms with Gasteiger partial charge in [-0.3, -0.25) is 4.79 Å². The van der Waals surface area contributed by atoms with E-state index < -0.39 is 0 Å². The van der Waals surface area contributed by atoms with Gasteiger partial charge < -0.3 is 10.4 Å². The van der Waals surface area contributed by atoms with E-state index in [2.05, 4.69) is 10.4 Å². The highest BCUT2D eigenvalue weighted by molar-refractivity contribution is 6.00. The van der Waals surface area contributed by atoms with Crippen LogP contribution in [0.15, 0.2) is 30.6 Å². The molecule has 5 heteroatoms. The summed E-state index contributed by atoms with van der Waals surface area (Å²) in [5.74, 6) is -0.142. The molecule has 2 rings (SSSR count). The fraction of sp³-hybridized carbons (Fsp3) is 0.385. The normalized spacial score (nSPS) is 12.6. The number of aromatic nitrogens is 2. The van der Waals surface area contributed by atoms with Crippen molar-refractivity contribution in [1.29, 1.82) is 0 Å². The second-order valence-electron chi connectivity index (χ2n) is 4.18. The molecular formula is C13H17N3O2. The first-order valence-electron chi connectivity index (χ1n) is 6.10. The van der Waals surface area contributed by atoms with Crippen molar-refractivity contribution in [3.05, 3.63) is 36.2 Å². The van der Waals surface area contributed by atoms with Crippen LogP contribution in [0.2, 0.25) is 0 Å². The molecule has 2 aromatic rings. The standard InChI is InChI=1S/C13H17N3O2/c1-2-10(6-8-17)15-13(18)11-9-14-16-7-4-3-5-12(11)16/h3-5,7,9-10,17H,2,6,8H2,1H3,(H,15,18). The molecule has 0 saturated carbocycles. The SMILES string of the molecule is CCC(CCO)NC(=O)c1cnn2ccccc12. The third kappa shape index (κ3) is 2.51. The predicted molar refractivity (Wildman–Crippen MR) is 68.4 cm³/mol. The molecule has 0 aliphatic heterocycles. The first kappa shape index (κ1) is 12.6. The van der Waals surface area contributed by atoms with Crippen molar-refractivity contribution in [2.75, 3.05) is 6.61 Å². The zero-order valence-electron chi connectivity index (χ0n) is 10.3. The predicted octanol–water partition coefficient (Wildman–Crippen LogP) is 1.23. The maximum absolute atomic E-state index is 12.1. The summed E-state index contributed by atoms with van der Waals surface area (Å²) >= 11 is 0. The van der Waals surface area contributed by atoms with Crippen LogP contribution in [0.5, 0.6) is 0 Å². The van der Waals surface area contributed by atoms with Crippen LogP contribution in [-0.4, -0.2) is 33.3 Å². The highest BCUT2D eigenvalue weighted by Crippen LogP contribution is 2.10. The number of pyridine rings is 1. The average Bonchev–Trinajstić information content (AvgIpc) is 2.82.